The summed E-state index contributed by atoms with van der Waals surface area (Å²) >= 11 is 5.53. The highest BCUT2D eigenvalue weighted by Crippen LogP contribution is 2.12. The molecule has 0 fully saturated rings. The van der Waals surface area contributed by atoms with Crippen LogP contribution >= 0.6 is 11.6 Å². The first-order valence-electron chi connectivity index (χ1n) is 3.55. The number of carbonyl (C=O) groups excluding carboxylic acids is 1. The van der Waals surface area contributed by atoms with E-state index in [-0.39, 0.29) is 11.8 Å². The molecule has 1 heterocycles. The van der Waals surface area contributed by atoms with Gasteiger partial charge in [-0.2, -0.15) is 0 Å². The Labute approximate surface area is 79.8 Å². The van der Waals surface area contributed by atoms with Crippen molar-refractivity contribution in [2.45, 2.75) is 12.8 Å². The Hall–Kier alpha value is -1.29. The van der Waals surface area contributed by atoms with Crippen molar-refractivity contribution in [2.75, 3.05) is 0 Å². The molecule has 0 aliphatic carbocycles. The maximum Gasteiger partial charge on any atom is 0.219 e. The first-order valence-corrected chi connectivity index (χ1v) is 4.08. The molecule has 70 valence electrons. The van der Waals surface area contributed by atoms with E-state index in [4.69, 9.17) is 16.0 Å². The van der Waals surface area contributed by atoms with E-state index in [1.54, 1.807) is 6.92 Å². The van der Waals surface area contributed by atoms with Gasteiger partial charge in [-0.3, -0.25) is 0 Å². The molecule has 13 heavy (non-hydrogen) atoms. The van der Waals surface area contributed by atoms with E-state index in [1.165, 1.54) is 6.08 Å². The lowest BCUT2D eigenvalue weighted by Crippen LogP contribution is -2.18. The van der Waals surface area contributed by atoms with E-state index in [0.717, 1.165) is 6.08 Å². The molecule has 1 rings (SSSR count). The quantitative estimate of drug-likeness (QED) is 0.526. The van der Waals surface area contributed by atoms with Crippen LogP contribution in [0.25, 0.3) is 6.08 Å². The largest absolute Gasteiger partial charge is 0.545 e. The Morgan fingerprint density at radius 3 is 2.92 bits per heavy atom. The highest BCUT2D eigenvalue weighted by Gasteiger charge is 2.04. The number of oxazole rings is 1. The Morgan fingerprint density at radius 1 is 1.77 bits per heavy atom. The molecule has 0 bridgehead atoms. The van der Waals surface area contributed by atoms with E-state index in [9.17, 15) is 9.90 Å². The van der Waals surface area contributed by atoms with Crippen LogP contribution in [0.2, 0.25) is 0 Å². The zero-order valence-electron chi connectivity index (χ0n) is 6.91. The fourth-order valence-corrected chi connectivity index (χ4v) is 1.03. The number of aryl methyl sites for hydroxylation is 1. The van der Waals surface area contributed by atoms with Gasteiger partial charge in [-0.05, 0) is 13.0 Å². The lowest BCUT2D eigenvalue weighted by Gasteiger charge is -1.87. The molecule has 0 aromatic carbocycles. The number of rotatable bonds is 3. The van der Waals surface area contributed by atoms with E-state index in [1.807, 2.05) is 0 Å². The van der Waals surface area contributed by atoms with E-state index in [2.05, 4.69) is 4.98 Å². The van der Waals surface area contributed by atoms with Crippen LogP contribution in [0.5, 0.6) is 0 Å². The van der Waals surface area contributed by atoms with Crippen molar-refractivity contribution >= 4 is 23.6 Å². The minimum Gasteiger partial charge on any atom is -0.545 e. The predicted molar refractivity (Wildman–Crippen MR) is 44.8 cm³/mol. The number of alkyl halides is 1. The fourth-order valence-electron chi connectivity index (χ4n) is 0.785. The molecule has 0 radical (unpaired) electrons. The second-order valence-electron chi connectivity index (χ2n) is 2.34. The van der Waals surface area contributed by atoms with Gasteiger partial charge in [0.1, 0.15) is 5.76 Å². The van der Waals surface area contributed by atoms with Gasteiger partial charge < -0.3 is 14.3 Å². The number of aliphatic carboxylic acids is 1. The van der Waals surface area contributed by atoms with Crippen molar-refractivity contribution in [1.82, 2.24) is 4.98 Å². The van der Waals surface area contributed by atoms with Gasteiger partial charge in [0.25, 0.3) is 0 Å². The summed E-state index contributed by atoms with van der Waals surface area (Å²) < 4.78 is 5.08. The van der Waals surface area contributed by atoms with E-state index >= 15 is 0 Å². The Morgan fingerprint density at radius 2 is 2.46 bits per heavy atom. The summed E-state index contributed by atoms with van der Waals surface area (Å²) in [5, 5.41) is 10.0. The maximum atomic E-state index is 10.0. The number of carboxylic acids is 1. The number of halogens is 1. The molecule has 4 nitrogen and oxygen atoms in total. The van der Waals surface area contributed by atoms with Crippen LogP contribution < -0.4 is 5.11 Å². The van der Waals surface area contributed by atoms with Crippen molar-refractivity contribution < 1.29 is 14.3 Å². The topological polar surface area (TPSA) is 66.2 Å². The van der Waals surface area contributed by atoms with Gasteiger partial charge in [-0.25, -0.2) is 4.98 Å². The van der Waals surface area contributed by atoms with Gasteiger partial charge in [-0.15, -0.1) is 11.6 Å². The average Bonchev–Trinajstić information content (AvgIpc) is 2.43. The SMILES string of the molecule is Cc1oc(/C=C/C(=O)[O-])nc1CCl. The molecule has 1 aromatic rings. The normalized spacial score (nSPS) is 10.9. The fraction of sp³-hybridized carbons (Fsp3) is 0.250. The Balaban J connectivity index is 2.85. The summed E-state index contributed by atoms with van der Waals surface area (Å²) in [6.45, 7) is 1.71. The lowest BCUT2D eigenvalue weighted by atomic mass is 10.4. The van der Waals surface area contributed by atoms with Gasteiger partial charge in [0.15, 0.2) is 0 Å². The third-order valence-corrected chi connectivity index (χ3v) is 1.65. The zero-order valence-corrected chi connectivity index (χ0v) is 7.67. The van der Waals surface area contributed by atoms with Crippen LogP contribution in [0.4, 0.5) is 0 Å². The number of aromatic nitrogens is 1. The van der Waals surface area contributed by atoms with Gasteiger partial charge in [-0.1, -0.05) is 0 Å². The van der Waals surface area contributed by atoms with Crippen LogP contribution in [0, 0.1) is 6.92 Å². The first-order chi connectivity index (χ1) is 6.13. The van der Waals surface area contributed by atoms with Crippen LogP contribution in [0.3, 0.4) is 0 Å². The summed E-state index contributed by atoms with van der Waals surface area (Å²) in [5.41, 5.74) is 0.611. The van der Waals surface area contributed by atoms with Crippen LogP contribution in [0.1, 0.15) is 17.3 Å². The number of hydrogen-bond donors (Lipinski definition) is 0. The molecule has 0 aliphatic heterocycles. The number of carboxylic acid groups (broad SMARTS) is 1. The minimum atomic E-state index is -1.29. The molecule has 0 amide bonds. The van der Waals surface area contributed by atoms with Crippen molar-refractivity contribution in [3.05, 3.63) is 23.4 Å². The third kappa shape index (κ3) is 2.59. The highest BCUT2D eigenvalue weighted by atomic mass is 35.5. The van der Waals surface area contributed by atoms with Gasteiger partial charge >= 0.3 is 0 Å². The smallest absolute Gasteiger partial charge is 0.219 e. The molecule has 0 atom stereocenters. The highest BCUT2D eigenvalue weighted by molar-refractivity contribution is 6.16. The Kier molecular flexibility index (Phi) is 3.08. The molecule has 0 N–H and O–H groups in total. The molecular weight excluding hydrogens is 194 g/mol. The molecule has 5 heteroatoms. The summed E-state index contributed by atoms with van der Waals surface area (Å²) in [6.07, 6.45) is 2.07. The van der Waals surface area contributed by atoms with Crippen molar-refractivity contribution in [3.63, 3.8) is 0 Å². The number of hydrogen-bond acceptors (Lipinski definition) is 4. The molecule has 1 aromatic heterocycles. The summed E-state index contributed by atoms with van der Waals surface area (Å²) in [5.74, 6) is -0.234. The summed E-state index contributed by atoms with van der Waals surface area (Å²) in [6, 6.07) is 0. The van der Waals surface area contributed by atoms with Gasteiger partial charge in [0, 0.05) is 6.08 Å². The van der Waals surface area contributed by atoms with Gasteiger partial charge in [0.05, 0.1) is 17.5 Å². The number of carbonyl (C=O) groups is 1. The Bertz CT molecular complexity index is 343. The lowest BCUT2D eigenvalue weighted by molar-refractivity contribution is -0.297. The number of nitrogens with zero attached hydrogens (tertiary/aromatic N) is 1. The standard InChI is InChI=1S/C8H8ClNO3/c1-5-6(4-9)10-7(13-5)2-3-8(11)12/h2-3H,4H2,1H3,(H,11,12)/p-1/b3-2+. The molecule has 0 spiro atoms. The van der Waals surface area contributed by atoms with Crippen LogP contribution in [-0.2, 0) is 10.7 Å². The second kappa shape index (κ2) is 4.09. The maximum absolute atomic E-state index is 10.0. The van der Waals surface area contributed by atoms with Crippen molar-refractivity contribution in [2.24, 2.45) is 0 Å². The predicted octanol–water partition coefficient (Wildman–Crippen LogP) is 0.485. The van der Waals surface area contributed by atoms with Crippen molar-refractivity contribution in [3.8, 4) is 0 Å². The zero-order chi connectivity index (χ0) is 9.84. The molecule has 0 saturated carbocycles. The monoisotopic (exact) mass is 200 g/mol. The van der Waals surface area contributed by atoms with Gasteiger partial charge in [0.2, 0.25) is 5.89 Å². The first kappa shape index (κ1) is 9.80. The third-order valence-electron chi connectivity index (χ3n) is 1.40. The molecular formula is C8H7ClNO3-. The van der Waals surface area contributed by atoms with Crippen LogP contribution in [0.15, 0.2) is 10.5 Å². The average molecular weight is 201 g/mol. The summed E-state index contributed by atoms with van der Waals surface area (Å²) in [7, 11) is 0. The van der Waals surface area contributed by atoms with Crippen molar-refractivity contribution in [1.29, 1.82) is 0 Å². The second-order valence-corrected chi connectivity index (χ2v) is 2.61. The molecule has 0 saturated heterocycles. The summed E-state index contributed by atoms with van der Waals surface area (Å²) in [4.78, 5) is 14.0. The van der Waals surface area contributed by atoms with E-state index < -0.39 is 5.97 Å². The van der Waals surface area contributed by atoms with Crippen LogP contribution in [-0.4, -0.2) is 11.0 Å². The molecule has 0 aliphatic rings. The van der Waals surface area contributed by atoms with E-state index in [0.29, 0.717) is 11.5 Å². The molecule has 0 unspecified atom stereocenters. The minimum absolute atomic E-state index is 0.220.